The molecule has 8 heteroatoms. The Morgan fingerprint density at radius 2 is 1.63 bits per heavy atom. The molecule has 0 saturated carbocycles. The monoisotopic (exact) mass is 475 g/mol. The third-order valence-electron chi connectivity index (χ3n) is 3.75. The topological polar surface area (TPSA) is 96.5 Å². The van der Waals surface area contributed by atoms with E-state index in [4.69, 9.17) is 4.74 Å². The first-order valence-corrected chi connectivity index (χ1v) is 10.3. The van der Waals surface area contributed by atoms with Crippen molar-refractivity contribution in [2.24, 2.45) is 0 Å². The van der Waals surface area contributed by atoms with Crippen LogP contribution in [0.5, 0.6) is 0 Å². The van der Waals surface area contributed by atoms with Crippen LogP contribution >= 0.6 is 15.9 Å². The average Bonchev–Trinajstić information content (AvgIpc) is 2.64. The summed E-state index contributed by atoms with van der Waals surface area (Å²) in [5.74, 6) is -0.471. The SMILES string of the molecule is CC(C)(C)OC(=O)NCC(=O)Nc1cccc(CNC(=O)Cc2cccc(Br)c2)c1. The van der Waals surface area contributed by atoms with Crippen molar-refractivity contribution in [1.29, 1.82) is 0 Å². The summed E-state index contributed by atoms with van der Waals surface area (Å²) in [6.07, 6.45) is -0.369. The average molecular weight is 476 g/mol. The molecule has 0 aliphatic carbocycles. The number of rotatable bonds is 7. The van der Waals surface area contributed by atoms with Crippen molar-refractivity contribution < 1.29 is 19.1 Å². The van der Waals surface area contributed by atoms with E-state index < -0.39 is 11.7 Å². The van der Waals surface area contributed by atoms with Crippen LogP contribution in [0.1, 0.15) is 31.9 Å². The Bertz CT molecular complexity index is 909. The molecule has 0 heterocycles. The van der Waals surface area contributed by atoms with Gasteiger partial charge in [0.05, 0.1) is 6.42 Å². The van der Waals surface area contributed by atoms with Gasteiger partial charge >= 0.3 is 6.09 Å². The number of carbonyl (C=O) groups excluding carboxylic acids is 3. The van der Waals surface area contributed by atoms with E-state index in [0.717, 1.165) is 15.6 Å². The zero-order chi connectivity index (χ0) is 22.1. The first kappa shape index (κ1) is 23.4. The van der Waals surface area contributed by atoms with Gasteiger partial charge in [0.15, 0.2) is 0 Å². The van der Waals surface area contributed by atoms with Gasteiger partial charge in [-0.2, -0.15) is 0 Å². The van der Waals surface area contributed by atoms with E-state index in [1.54, 1.807) is 39.0 Å². The standard InChI is InChI=1S/C22H26BrN3O4/c1-22(2,3)30-21(29)25-14-20(28)26-18-9-5-7-16(11-18)13-24-19(27)12-15-6-4-8-17(23)10-15/h4-11H,12-14H2,1-3H3,(H,24,27)(H,25,29)(H,26,28). The van der Waals surface area contributed by atoms with Gasteiger partial charge in [-0.05, 0) is 56.2 Å². The molecule has 30 heavy (non-hydrogen) atoms. The molecule has 2 aromatic carbocycles. The maximum Gasteiger partial charge on any atom is 0.408 e. The molecule has 3 N–H and O–H groups in total. The van der Waals surface area contributed by atoms with Crippen LogP contribution in [-0.2, 0) is 27.3 Å². The fraction of sp³-hybridized carbons (Fsp3) is 0.318. The number of halogens is 1. The number of carbonyl (C=O) groups is 3. The number of alkyl carbamates (subject to hydrolysis) is 1. The molecule has 2 aromatic rings. The van der Waals surface area contributed by atoms with Gasteiger partial charge in [0, 0.05) is 16.7 Å². The zero-order valence-corrected chi connectivity index (χ0v) is 18.8. The quantitative estimate of drug-likeness (QED) is 0.567. The van der Waals surface area contributed by atoms with Gasteiger partial charge in [-0.25, -0.2) is 4.79 Å². The van der Waals surface area contributed by atoms with Gasteiger partial charge < -0.3 is 20.7 Å². The summed E-state index contributed by atoms with van der Waals surface area (Å²) < 4.78 is 6.02. The smallest absolute Gasteiger partial charge is 0.408 e. The second-order valence-corrected chi connectivity index (χ2v) is 8.60. The fourth-order valence-electron chi connectivity index (χ4n) is 2.53. The highest BCUT2D eigenvalue weighted by molar-refractivity contribution is 9.10. The van der Waals surface area contributed by atoms with Gasteiger partial charge in [-0.15, -0.1) is 0 Å². The number of anilines is 1. The summed E-state index contributed by atoms with van der Waals surface area (Å²) in [5, 5.41) is 7.98. The molecule has 0 saturated heterocycles. The first-order valence-electron chi connectivity index (χ1n) is 9.47. The Kier molecular flexibility index (Phi) is 8.41. The maximum atomic E-state index is 12.2. The highest BCUT2D eigenvalue weighted by atomic mass is 79.9. The zero-order valence-electron chi connectivity index (χ0n) is 17.3. The lowest BCUT2D eigenvalue weighted by Gasteiger charge is -2.19. The van der Waals surface area contributed by atoms with E-state index in [-0.39, 0.29) is 24.8 Å². The second-order valence-electron chi connectivity index (χ2n) is 7.69. The summed E-state index contributed by atoms with van der Waals surface area (Å²) in [5.41, 5.74) is 1.71. The van der Waals surface area contributed by atoms with Gasteiger partial charge in [0.2, 0.25) is 11.8 Å². The molecule has 0 aliphatic rings. The number of ether oxygens (including phenoxy) is 1. The Labute approximate surface area is 184 Å². The molecule has 7 nitrogen and oxygen atoms in total. The van der Waals surface area contributed by atoms with E-state index in [1.165, 1.54) is 0 Å². The molecule has 0 spiro atoms. The largest absolute Gasteiger partial charge is 0.444 e. The number of hydrogen-bond acceptors (Lipinski definition) is 4. The predicted molar refractivity (Wildman–Crippen MR) is 119 cm³/mol. The first-order chi connectivity index (χ1) is 14.1. The number of amides is 3. The van der Waals surface area contributed by atoms with E-state index in [2.05, 4.69) is 31.9 Å². The van der Waals surface area contributed by atoms with Crippen molar-refractivity contribution in [2.45, 2.75) is 39.3 Å². The normalized spacial score (nSPS) is 10.8. The summed E-state index contributed by atoms with van der Waals surface area (Å²) in [6.45, 7) is 5.37. The van der Waals surface area contributed by atoms with Crippen LogP contribution < -0.4 is 16.0 Å². The minimum atomic E-state index is -0.653. The van der Waals surface area contributed by atoms with E-state index in [0.29, 0.717) is 12.2 Å². The van der Waals surface area contributed by atoms with Gasteiger partial charge in [0.25, 0.3) is 0 Å². The van der Waals surface area contributed by atoms with Crippen LogP contribution in [0.4, 0.5) is 10.5 Å². The molecule has 0 fully saturated rings. The molecule has 0 aromatic heterocycles. The van der Waals surface area contributed by atoms with Crippen LogP contribution in [0.15, 0.2) is 53.0 Å². The van der Waals surface area contributed by atoms with Crippen LogP contribution in [0.25, 0.3) is 0 Å². The molecule has 160 valence electrons. The van der Waals surface area contributed by atoms with Crippen molar-refractivity contribution in [2.75, 3.05) is 11.9 Å². The number of benzene rings is 2. The van der Waals surface area contributed by atoms with E-state index in [9.17, 15) is 14.4 Å². The molecule has 0 unspecified atom stereocenters. The molecular formula is C22H26BrN3O4. The minimum absolute atomic E-state index is 0.0934. The van der Waals surface area contributed by atoms with Crippen LogP contribution in [0.3, 0.4) is 0 Å². The lowest BCUT2D eigenvalue weighted by Crippen LogP contribution is -2.37. The van der Waals surface area contributed by atoms with Gasteiger partial charge in [-0.1, -0.05) is 40.2 Å². The summed E-state index contributed by atoms with van der Waals surface area (Å²) in [7, 11) is 0. The number of hydrogen-bond donors (Lipinski definition) is 3. The van der Waals surface area contributed by atoms with Gasteiger partial charge in [-0.3, -0.25) is 9.59 Å². The molecule has 3 amide bonds. The summed E-state index contributed by atoms with van der Waals surface area (Å²) in [4.78, 5) is 35.8. The lowest BCUT2D eigenvalue weighted by molar-refractivity contribution is -0.120. The Morgan fingerprint density at radius 3 is 2.33 bits per heavy atom. The van der Waals surface area contributed by atoms with Crippen LogP contribution in [0, 0.1) is 0 Å². The highest BCUT2D eigenvalue weighted by Gasteiger charge is 2.16. The number of nitrogens with one attached hydrogen (secondary N) is 3. The molecule has 0 atom stereocenters. The molecule has 0 aliphatic heterocycles. The predicted octanol–water partition coefficient (Wildman–Crippen LogP) is 3.77. The molecular weight excluding hydrogens is 450 g/mol. The van der Waals surface area contributed by atoms with Crippen molar-refractivity contribution in [3.8, 4) is 0 Å². The molecule has 0 radical (unpaired) electrons. The van der Waals surface area contributed by atoms with E-state index >= 15 is 0 Å². The highest BCUT2D eigenvalue weighted by Crippen LogP contribution is 2.13. The maximum absolute atomic E-state index is 12.2. The summed E-state index contributed by atoms with van der Waals surface area (Å²) in [6, 6.07) is 14.7. The third kappa shape index (κ3) is 9.09. The van der Waals surface area contributed by atoms with Crippen molar-refractivity contribution in [3.05, 3.63) is 64.1 Å². The summed E-state index contributed by atoms with van der Waals surface area (Å²) >= 11 is 3.39. The fourth-order valence-corrected chi connectivity index (χ4v) is 2.97. The molecule has 2 rings (SSSR count). The second kappa shape index (κ2) is 10.8. The van der Waals surface area contributed by atoms with Crippen molar-refractivity contribution >= 4 is 39.5 Å². The molecule has 0 bridgehead atoms. The Balaban J connectivity index is 1.80. The van der Waals surface area contributed by atoms with Crippen LogP contribution in [0.2, 0.25) is 0 Å². The minimum Gasteiger partial charge on any atom is -0.444 e. The Hall–Kier alpha value is -2.87. The Morgan fingerprint density at radius 1 is 0.933 bits per heavy atom. The third-order valence-corrected chi connectivity index (χ3v) is 4.24. The van der Waals surface area contributed by atoms with Crippen molar-refractivity contribution in [1.82, 2.24) is 10.6 Å². The van der Waals surface area contributed by atoms with Gasteiger partial charge in [0.1, 0.15) is 12.1 Å². The van der Waals surface area contributed by atoms with E-state index in [1.807, 2.05) is 30.3 Å². The lowest BCUT2D eigenvalue weighted by atomic mass is 10.1. The van der Waals surface area contributed by atoms with Crippen molar-refractivity contribution in [3.63, 3.8) is 0 Å². The van der Waals surface area contributed by atoms with Crippen LogP contribution in [-0.4, -0.2) is 30.1 Å².